The Morgan fingerprint density at radius 1 is 1.32 bits per heavy atom. The molecule has 0 aromatic carbocycles. The SMILES string of the molecule is Cc1nc(=O)[nH]c(C)c1CCC(=O)N[C@H](CC(=O)O)C(C)C. The van der Waals surface area contributed by atoms with Gasteiger partial charge in [0.15, 0.2) is 0 Å². The summed E-state index contributed by atoms with van der Waals surface area (Å²) in [4.78, 5) is 40.5. The Kier molecular flexibility index (Phi) is 6.27. The lowest BCUT2D eigenvalue weighted by atomic mass is 10.00. The van der Waals surface area contributed by atoms with Crippen LogP contribution < -0.4 is 11.0 Å². The van der Waals surface area contributed by atoms with Crippen molar-refractivity contribution in [2.24, 2.45) is 5.92 Å². The molecular formula is C15H23N3O4. The summed E-state index contributed by atoms with van der Waals surface area (Å²) < 4.78 is 0. The van der Waals surface area contributed by atoms with E-state index in [2.05, 4.69) is 15.3 Å². The summed E-state index contributed by atoms with van der Waals surface area (Å²) in [5, 5.41) is 11.6. The van der Waals surface area contributed by atoms with Gasteiger partial charge in [0.25, 0.3) is 0 Å². The molecule has 0 radical (unpaired) electrons. The van der Waals surface area contributed by atoms with Crippen LogP contribution in [0.5, 0.6) is 0 Å². The molecule has 0 bridgehead atoms. The molecule has 1 atom stereocenters. The first kappa shape index (κ1) is 17.9. The number of aromatic nitrogens is 2. The Bertz CT molecular complexity index is 581. The van der Waals surface area contributed by atoms with Gasteiger partial charge in [0.05, 0.1) is 6.42 Å². The Morgan fingerprint density at radius 3 is 2.45 bits per heavy atom. The van der Waals surface area contributed by atoms with E-state index in [4.69, 9.17) is 5.11 Å². The number of nitrogens with one attached hydrogen (secondary N) is 2. The van der Waals surface area contributed by atoms with Gasteiger partial charge < -0.3 is 15.4 Å². The van der Waals surface area contributed by atoms with E-state index in [-0.39, 0.29) is 30.7 Å². The summed E-state index contributed by atoms with van der Waals surface area (Å²) in [7, 11) is 0. The normalized spacial score (nSPS) is 12.2. The number of carbonyl (C=O) groups excluding carboxylic acids is 1. The first-order chi connectivity index (χ1) is 10.2. The molecule has 0 aliphatic rings. The van der Waals surface area contributed by atoms with Gasteiger partial charge in [-0.2, -0.15) is 4.98 Å². The fraction of sp³-hybridized carbons (Fsp3) is 0.600. The molecule has 7 heteroatoms. The van der Waals surface area contributed by atoms with Crippen molar-refractivity contribution in [3.05, 3.63) is 27.4 Å². The van der Waals surface area contributed by atoms with E-state index in [9.17, 15) is 14.4 Å². The summed E-state index contributed by atoms with van der Waals surface area (Å²) in [5.74, 6) is -1.10. The largest absolute Gasteiger partial charge is 0.481 e. The lowest BCUT2D eigenvalue weighted by molar-refractivity contribution is -0.138. The van der Waals surface area contributed by atoms with Gasteiger partial charge in [-0.15, -0.1) is 0 Å². The van der Waals surface area contributed by atoms with Crippen molar-refractivity contribution in [2.45, 2.75) is 53.0 Å². The van der Waals surface area contributed by atoms with E-state index < -0.39 is 11.7 Å². The molecule has 22 heavy (non-hydrogen) atoms. The third-order valence-electron chi connectivity index (χ3n) is 3.60. The van der Waals surface area contributed by atoms with Gasteiger partial charge in [0.2, 0.25) is 5.91 Å². The number of amides is 1. The number of carbonyl (C=O) groups is 2. The van der Waals surface area contributed by atoms with Gasteiger partial charge >= 0.3 is 11.7 Å². The van der Waals surface area contributed by atoms with E-state index >= 15 is 0 Å². The van der Waals surface area contributed by atoms with Gasteiger partial charge in [-0.3, -0.25) is 9.59 Å². The van der Waals surface area contributed by atoms with E-state index in [0.717, 1.165) is 5.56 Å². The zero-order chi connectivity index (χ0) is 16.9. The van der Waals surface area contributed by atoms with Gasteiger partial charge in [-0.25, -0.2) is 4.79 Å². The van der Waals surface area contributed by atoms with E-state index in [1.165, 1.54) is 0 Å². The van der Waals surface area contributed by atoms with Crippen molar-refractivity contribution in [2.75, 3.05) is 0 Å². The number of aliphatic carboxylic acids is 1. The Hall–Kier alpha value is -2.18. The summed E-state index contributed by atoms with van der Waals surface area (Å²) in [6.45, 7) is 7.24. The van der Waals surface area contributed by atoms with Gasteiger partial charge in [-0.1, -0.05) is 13.8 Å². The van der Waals surface area contributed by atoms with Crippen molar-refractivity contribution >= 4 is 11.9 Å². The maximum absolute atomic E-state index is 12.0. The molecule has 1 amide bonds. The number of aromatic amines is 1. The van der Waals surface area contributed by atoms with Crippen molar-refractivity contribution in [3.8, 4) is 0 Å². The minimum atomic E-state index is -0.935. The second-order valence-corrected chi connectivity index (χ2v) is 5.75. The number of carboxylic acid groups (broad SMARTS) is 1. The topological polar surface area (TPSA) is 112 Å². The highest BCUT2D eigenvalue weighted by Crippen LogP contribution is 2.11. The zero-order valence-corrected chi connectivity index (χ0v) is 13.4. The Labute approximate surface area is 129 Å². The van der Waals surface area contributed by atoms with Gasteiger partial charge in [0.1, 0.15) is 0 Å². The molecule has 0 saturated heterocycles. The summed E-state index contributed by atoms with van der Waals surface area (Å²) in [6, 6.07) is -0.388. The van der Waals surface area contributed by atoms with E-state index in [1.54, 1.807) is 13.8 Å². The van der Waals surface area contributed by atoms with Crippen LogP contribution in [-0.4, -0.2) is 33.0 Å². The molecule has 122 valence electrons. The minimum absolute atomic E-state index is 0.0401. The molecular weight excluding hydrogens is 286 g/mol. The minimum Gasteiger partial charge on any atom is -0.481 e. The average Bonchev–Trinajstić information content (AvgIpc) is 2.35. The maximum Gasteiger partial charge on any atom is 0.345 e. The number of hydrogen-bond acceptors (Lipinski definition) is 4. The molecule has 1 aromatic heterocycles. The number of nitrogens with zero attached hydrogens (tertiary/aromatic N) is 1. The van der Waals surface area contributed by atoms with Crippen LogP contribution in [0.4, 0.5) is 0 Å². The smallest absolute Gasteiger partial charge is 0.345 e. The fourth-order valence-electron chi connectivity index (χ4n) is 2.28. The van der Waals surface area contributed by atoms with E-state index in [1.807, 2.05) is 13.8 Å². The van der Waals surface area contributed by atoms with E-state index in [0.29, 0.717) is 17.8 Å². The van der Waals surface area contributed by atoms with Gasteiger partial charge in [-0.05, 0) is 31.7 Å². The summed E-state index contributed by atoms with van der Waals surface area (Å²) in [5.41, 5.74) is 1.76. The molecule has 0 aliphatic carbocycles. The molecule has 0 saturated carbocycles. The van der Waals surface area contributed by atoms with Crippen LogP contribution in [-0.2, 0) is 16.0 Å². The molecule has 1 heterocycles. The number of H-pyrrole nitrogens is 1. The molecule has 1 rings (SSSR count). The standard InChI is InChI=1S/C15H23N3O4/c1-8(2)12(7-14(20)21)18-13(19)6-5-11-9(3)16-15(22)17-10(11)4/h8,12H,5-7H2,1-4H3,(H,18,19)(H,20,21)(H,16,17,22)/t12-/m1/s1. The third-order valence-corrected chi connectivity index (χ3v) is 3.60. The molecule has 3 N–H and O–H groups in total. The fourth-order valence-corrected chi connectivity index (χ4v) is 2.28. The summed E-state index contributed by atoms with van der Waals surface area (Å²) >= 11 is 0. The van der Waals surface area contributed by atoms with Crippen molar-refractivity contribution in [3.63, 3.8) is 0 Å². The molecule has 0 spiro atoms. The lowest BCUT2D eigenvalue weighted by Gasteiger charge is -2.20. The monoisotopic (exact) mass is 309 g/mol. The number of hydrogen-bond donors (Lipinski definition) is 3. The quantitative estimate of drug-likeness (QED) is 0.694. The number of aryl methyl sites for hydroxylation is 2. The third kappa shape index (κ3) is 5.31. The highest BCUT2D eigenvalue weighted by molar-refractivity contribution is 5.77. The molecule has 0 fully saturated rings. The van der Waals surface area contributed by atoms with Crippen LogP contribution in [0.25, 0.3) is 0 Å². The number of rotatable bonds is 7. The van der Waals surface area contributed by atoms with Crippen molar-refractivity contribution in [1.29, 1.82) is 0 Å². The Balaban J connectivity index is 2.66. The Morgan fingerprint density at radius 2 is 1.95 bits per heavy atom. The zero-order valence-electron chi connectivity index (χ0n) is 13.4. The van der Waals surface area contributed by atoms with Crippen LogP contribution in [0.2, 0.25) is 0 Å². The maximum atomic E-state index is 12.0. The molecule has 0 unspecified atom stereocenters. The van der Waals surface area contributed by atoms with Gasteiger partial charge in [0, 0.05) is 23.9 Å². The van der Waals surface area contributed by atoms with Crippen LogP contribution in [0.15, 0.2) is 4.79 Å². The van der Waals surface area contributed by atoms with Crippen molar-refractivity contribution in [1.82, 2.24) is 15.3 Å². The predicted molar refractivity (Wildman–Crippen MR) is 81.7 cm³/mol. The number of carboxylic acids is 1. The first-order valence-electron chi connectivity index (χ1n) is 7.28. The lowest BCUT2D eigenvalue weighted by Crippen LogP contribution is -2.40. The second kappa shape index (κ2) is 7.72. The highest BCUT2D eigenvalue weighted by Gasteiger charge is 2.19. The predicted octanol–water partition coefficient (Wildman–Crippen LogP) is 0.935. The van der Waals surface area contributed by atoms with Crippen LogP contribution in [0, 0.1) is 19.8 Å². The van der Waals surface area contributed by atoms with Crippen LogP contribution in [0.3, 0.4) is 0 Å². The molecule has 1 aromatic rings. The average molecular weight is 309 g/mol. The first-order valence-corrected chi connectivity index (χ1v) is 7.28. The highest BCUT2D eigenvalue weighted by atomic mass is 16.4. The second-order valence-electron chi connectivity index (χ2n) is 5.75. The summed E-state index contributed by atoms with van der Waals surface area (Å²) in [6.07, 6.45) is 0.574. The molecule has 7 nitrogen and oxygen atoms in total. The molecule has 0 aliphatic heterocycles. The van der Waals surface area contributed by atoms with Crippen LogP contribution >= 0.6 is 0 Å². The van der Waals surface area contributed by atoms with Crippen LogP contribution in [0.1, 0.15) is 43.6 Å². The van der Waals surface area contributed by atoms with Crippen molar-refractivity contribution < 1.29 is 14.7 Å².